The lowest BCUT2D eigenvalue weighted by Gasteiger charge is -2.35. The lowest BCUT2D eigenvalue weighted by atomic mass is 9.83. The molecule has 0 bridgehead atoms. The molecule has 0 aromatic heterocycles. The van der Waals surface area contributed by atoms with Gasteiger partial charge in [0.1, 0.15) is 0 Å². The van der Waals surface area contributed by atoms with Gasteiger partial charge < -0.3 is 0 Å². The quantitative estimate of drug-likeness (QED) is 0.646. The monoisotopic (exact) mass is 240 g/mol. The number of halogens is 7. The van der Waals surface area contributed by atoms with Crippen LogP contribution in [0.25, 0.3) is 0 Å². The molecular formula is C8H11F7. The van der Waals surface area contributed by atoms with Crippen LogP contribution in [-0.4, -0.2) is 18.0 Å². The summed E-state index contributed by atoms with van der Waals surface area (Å²) in [5.41, 5.74) is -5.11. The highest BCUT2D eigenvalue weighted by Crippen LogP contribution is 2.52. The van der Waals surface area contributed by atoms with Crippen molar-refractivity contribution >= 4 is 0 Å². The normalized spacial score (nSPS) is 14.8. The average Bonchev–Trinajstić information content (AvgIpc) is 2.02. The van der Waals surface area contributed by atoms with Crippen molar-refractivity contribution in [1.29, 1.82) is 0 Å². The molecule has 15 heavy (non-hydrogen) atoms. The largest absolute Gasteiger partial charge is 0.431 e. The minimum atomic E-state index is -5.93. The second-order valence-electron chi connectivity index (χ2n) is 3.22. The molecule has 0 heterocycles. The molecule has 0 nitrogen and oxygen atoms in total. The fourth-order valence-electron chi connectivity index (χ4n) is 1.47. The third-order valence-electron chi connectivity index (χ3n) is 2.37. The van der Waals surface area contributed by atoms with Crippen LogP contribution in [0.15, 0.2) is 0 Å². The first-order chi connectivity index (χ1) is 6.52. The highest BCUT2D eigenvalue weighted by molar-refractivity contribution is 4.99. The van der Waals surface area contributed by atoms with Gasteiger partial charge in [-0.3, -0.25) is 0 Å². The lowest BCUT2D eigenvalue weighted by Crippen LogP contribution is -2.58. The van der Waals surface area contributed by atoms with E-state index in [0.29, 0.717) is 0 Å². The summed E-state index contributed by atoms with van der Waals surface area (Å²) in [6, 6.07) is 0. The average molecular weight is 240 g/mol. The molecule has 0 saturated heterocycles. The van der Waals surface area contributed by atoms with E-state index in [-0.39, 0.29) is 0 Å². The van der Waals surface area contributed by atoms with E-state index in [9.17, 15) is 30.7 Å². The molecule has 0 amide bonds. The second-order valence-corrected chi connectivity index (χ2v) is 3.22. The van der Waals surface area contributed by atoms with E-state index < -0.39 is 36.8 Å². The van der Waals surface area contributed by atoms with E-state index in [1.165, 1.54) is 0 Å². The van der Waals surface area contributed by atoms with Gasteiger partial charge in [0.2, 0.25) is 0 Å². The van der Waals surface area contributed by atoms with E-state index in [1.807, 2.05) is 0 Å². The Hall–Kier alpha value is -0.490. The van der Waals surface area contributed by atoms with Gasteiger partial charge in [-0.15, -0.1) is 0 Å². The third-order valence-corrected chi connectivity index (χ3v) is 2.37. The highest BCUT2D eigenvalue weighted by Gasteiger charge is 2.74. The fraction of sp³-hybridized carbons (Fsp3) is 1.00. The molecule has 0 N–H and O–H groups in total. The van der Waals surface area contributed by atoms with Crippen LogP contribution in [0.2, 0.25) is 0 Å². The van der Waals surface area contributed by atoms with Crippen molar-refractivity contribution in [3.8, 4) is 0 Å². The topological polar surface area (TPSA) is 0 Å². The molecule has 0 aromatic rings. The lowest BCUT2D eigenvalue weighted by molar-refractivity contribution is -0.358. The van der Waals surface area contributed by atoms with Gasteiger partial charge in [0.25, 0.3) is 0 Å². The molecule has 0 aliphatic heterocycles. The zero-order valence-corrected chi connectivity index (χ0v) is 8.14. The van der Waals surface area contributed by atoms with Crippen molar-refractivity contribution in [2.45, 2.75) is 44.7 Å². The van der Waals surface area contributed by atoms with Gasteiger partial charge in [-0.25, -0.2) is 4.39 Å². The van der Waals surface area contributed by atoms with Gasteiger partial charge in [-0.1, -0.05) is 13.8 Å². The van der Waals surface area contributed by atoms with Crippen molar-refractivity contribution in [3.05, 3.63) is 0 Å². The summed E-state index contributed by atoms with van der Waals surface area (Å²) in [7, 11) is 0. The van der Waals surface area contributed by atoms with Crippen LogP contribution < -0.4 is 0 Å². The molecular weight excluding hydrogens is 229 g/mol. The summed E-state index contributed by atoms with van der Waals surface area (Å²) in [5.74, 6) is -2.10. The molecule has 0 saturated carbocycles. The van der Waals surface area contributed by atoms with Crippen LogP contribution in [-0.2, 0) is 0 Å². The first-order valence-corrected chi connectivity index (χ1v) is 4.34. The molecule has 0 radical (unpaired) electrons. The maximum atomic E-state index is 13.2. The number of alkyl halides is 7. The molecule has 0 aliphatic rings. The van der Waals surface area contributed by atoms with Crippen LogP contribution in [0.5, 0.6) is 0 Å². The van der Waals surface area contributed by atoms with Gasteiger partial charge in [0.05, 0.1) is 0 Å². The Bertz CT molecular complexity index is 184. The summed E-state index contributed by atoms with van der Waals surface area (Å²) in [6.45, 7) is 2.19. The Labute approximate surface area is 82.5 Å². The Kier molecular flexibility index (Phi) is 4.04. The Morgan fingerprint density at radius 3 is 1.07 bits per heavy atom. The van der Waals surface area contributed by atoms with Crippen LogP contribution in [0.4, 0.5) is 30.7 Å². The standard InChI is InChI=1S/C8H11F7/c1-3-5(4-2)6(9,7(10,11)12)8(13,14)15/h5H,3-4H2,1-2H3. The highest BCUT2D eigenvalue weighted by atomic mass is 19.4. The van der Waals surface area contributed by atoms with Crippen LogP contribution in [0, 0.1) is 5.92 Å². The van der Waals surface area contributed by atoms with Crippen molar-refractivity contribution in [2.24, 2.45) is 5.92 Å². The van der Waals surface area contributed by atoms with Gasteiger partial charge in [-0.05, 0) is 12.8 Å². The van der Waals surface area contributed by atoms with Crippen molar-refractivity contribution in [2.75, 3.05) is 0 Å². The van der Waals surface area contributed by atoms with Gasteiger partial charge >= 0.3 is 18.0 Å². The maximum absolute atomic E-state index is 13.2. The van der Waals surface area contributed by atoms with E-state index in [2.05, 4.69) is 0 Å². The Morgan fingerprint density at radius 1 is 0.733 bits per heavy atom. The van der Waals surface area contributed by atoms with Gasteiger partial charge in [-0.2, -0.15) is 26.3 Å². The van der Waals surface area contributed by atoms with E-state index in [0.717, 1.165) is 13.8 Å². The molecule has 0 aromatic carbocycles. The number of hydrogen-bond donors (Lipinski definition) is 0. The first-order valence-electron chi connectivity index (χ1n) is 4.34. The van der Waals surface area contributed by atoms with Crippen molar-refractivity contribution in [1.82, 2.24) is 0 Å². The molecule has 0 rings (SSSR count). The number of rotatable bonds is 3. The minimum Gasteiger partial charge on any atom is -0.223 e. The van der Waals surface area contributed by atoms with E-state index in [1.54, 1.807) is 0 Å². The van der Waals surface area contributed by atoms with E-state index >= 15 is 0 Å². The van der Waals surface area contributed by atoms with Crippen molar-refractivity contribution < 1.29 is 30.7 Å². The second kappa shape index (κ2) is 4.17. The summed E-state index contributed by atoms with van der Waals surface area (Å²) in [6.07, 6.45) is -12.9. The van der Waals surface area contributed by atoms with Crippen LogP contribution in [0.3, 0.4) is 0 Å². The molecule has 0 unspecified atom stereocenters. The van der Waals surface area contributed by atoms with Crippen LogP contribution in [0.1, 0.15) is 26.7 Å². The predicted molar refractivity (Wildman–Crippen MR) is 40.0 cm³/mol. The Balaban J connectivity index is 5.40. The van der Waals surface area contributed by atoms with Gasteiger partial charge in [0.15, 0.2) is 0 Å². The summed E-state index contributed by atoms with van der Waals surface area (Å²) in [4.78, 5) is 0. The Morgan fingerprint density at radius 2 is 1.00 bits per heavy atom. The molecule has 0 spiro atoms. The fourth-order valence-corrected chi connectivity index (χ4v) is 1.47. The molecule has 0 atom stereocenters. The zero-order chi connectivity index (χ0) is 12.5. The SMILES string of the molecule is CCC(CC)C(F)(C(F)(F)F)C(F)(F)F. The smallest absolute Gasteiger partial charge is 0.223 e. The van der Waals surface area contributed by atoms with Gasteiger partial charge in [0, 0.05) is 5.92 Å². The first kappa shape index (κ1) is 14.5. The maximum Gasteiger partial charge on any atom is 0.431 e. The number of hydrogen-bond acceptors (Lipinski definition) is 0. The zero-order valence-electron chi connectivity index (χ0n) is 8.14. The summed E-state index contributed by atoms with van der Waals surface area (Å²) in [5, 5.41) is 0. The minimum absolute atomic E-state index is 0.522. The molecule has 92 valence electrons. The summed E-state index contributed by atoms with van der Waals surface area (Å²) < 4.78 is 86.0. The van der Waals surface area contributed by atoms with Crippen molar-refractivity contribution in [3.63, 3.8) is 0 Å². The summed E-state index contributed by atoms with van der Waals surface area (Å²) >= 11 is 0. The third kappa shape index (κ3) is 2.36. The molecule has 7 heteroatoms. The molecule has 0 fully saturated rings. The van der Waals surface area contributed by atoms with Crippen LogP contribution >= 0.6 is 0 Å². The predicted octanol–water partition coefficient (Wildman–Crippen LogP) is 4.26. The molecule has 0 aliphatic carbocycles. The van der Waals surface area contributed by atoms with E-state index in [4.69, 9.17) is 0 Å².